The highest BCUT2D eigenvalue weighted by molar-refractivity contribution is 9.10. The SMILES string of the molecule is O=C(CCC(=O)N1CCCCC1)NNC(=O)c1ccc(Br)cc1. The van der Waals surface area contributed by atoms with Crippen LogP contribution >= 0.6 is 15.9 Å². The Balaban J connectivity index is 1.69. The van der Waals surface area contributed by atoms with Crippen LogP contribution in [0.15, 0.2) is 28.7 Å². The molecule has 124 valence electrons. The van der Waals surface area contributed by atoms with E-state index in [4.69, 9.17) is 0 Å². The molecule has 2 rings (SSSR count). The number of carbonyl (C=O) groups excluding carboxylic acids is 3. The van der Waals surface area contributed by atoms with Gasteiger partial charge in [0.05, 0.1) is 0 Å². The maximum Gasteiger partial charge on any atom is 0.269 e. The van der Waals surface area contributed by atoms with Crippen LogP contribution in [0.4, 0.5) is 0 Å². The van der Waals surface area contributed by atoms with Crippen LogP contribution in [0.5, 0.6) is 0 Å². The van der Waals surface area contributed by atoms with Crippen LogP contribution in [-0.2, 0) is 9.59 Å². The summed E-state index contributed by atoms with van der Waals surface area (Å²) >= 11 is 3.29. The van der Waals surface area contributed by atoms with E-state index in [1.165, 1.54) is 0 Å². The van der Waals surface area contributed by atoms with Gasteiger partial charge in [0.15, 0.2) is 0 Å². The largest absolute Gasteiger partial charge is 0.343 e. The van der Waals surface area contributed by atoms with E-state index >= 15 is 0 Å². The molecular formula is C16H20BrN3O3. The van der Waals surface area contributed by atoms with Gasteiger partial charge in [-0.1, -0.05) is 15.9 Å². The fourth-order valence-corrected chi connectivity index (χ4v) is 2.65. The molecule has 1 fully saturated rings. The van der Waals surface area contributed by atoms with Gasteiger partial charge in [0.25, 0.3) is 5.91 Å². The molecule has 0 unspecified atom stereocenters. The highest BCUT2D eigenvalue weighted by Gasteiger charge is 2.17. The summed E-state index contributed by atoms with van der Waals surface area (Å²) in [4.78, 5) is 37.3. The van der Waals surface area contributed by atoms with Gasteiger partial charge in [-0.25, -0.2) is 0 Å². The highest BCUT2D eigenvalue weighted by atomic mass is 79.9. The molecule has 0 aromatic heterocycles. The molecule has 1 aromatic carbocycles. The smallest absolute Gasteiger partial charge is 0.269 e. The third-order valence-corrected chi connectivity index (χ3v) is 4.23. The van der Waals surface area contributed by atoms with Crippen LogP contribution in [-0.4, -0.2) is 35.7 Å². The van der Waals surface area contributed by atoms with Gasteiger partial charge in [0.2, 0.25) is 11.8 Å². The summed E-state index contributed by atoms with van der Waals surface area (Å²) in [6.45, 7) is 1.56. The van der Waals surface area contributed by atoms with Crippen LogP contribution in [0.1, 0.15) is 42.5 Å². The van der Waals surface area contributed by atoms with Crippen molar-refractivity contribution in [1.29, 1.82) is 0 Å². The third-order valence-electron chi connectivity index (χ3n) is 3.70. The Bertz CT molecular complexity index is 568. The van der Waals surface area contributed by atoms with Crippen molar-refractivity contribution >= 4 is 33.7 Å². The number of halogens is 1. The second-order valence-electron chi connectivity index (χ2n) is 5.45. The topological polar surface area (TPSA) is 78.5 Å². The van der Waals surface area contributed by atoms with Gasteiger partial charge in [-0.15, -0.1) is 0 Å². The summed E-state index contributed by atoms with van der Waals surface area (Å²) in [5.41, 5.74) is 5.12. The van der Waals surface area contributed by atoms with Gasteiger partial charge in [0, 0.05) is 36.0 Å². The van der Waals surface area contributed by atoms with Crippen molar-refractivity contribution in [3.05, 3.63) is 34.3 Å². The van der Waals surface area contributed by atoms with Crippen molar-refractivity contribution in [2.24, 2.45) is 0 Å². The average molecular weight is 382 g/mol. The van der Waals surface area contributed by atoms with Crippen molar-refractivity contribution in [2.45, 2.75) is 32.1 Å². The Hall–Kier alpha value is -1.89. The van der Waals surface area contributed by atoms with E-state index < -0.39 is 5.91 Å². The zero-order valence-electron chi connectivity index (χ0n) is 12.8. The number of piperidine rings is 1. The number of likely N-dealkylation sites (tertiary alicyclic amines) is 1. The molecule has 1 aliphatic heterocycles. The molecule has 6 nitrogen and oxygen atoms in total. The molecule has 1 heterocycles. The van der Waals surface area contributed by atoms with Crippen molar-refractivity contribution in [3.63, 3.8) is 0 Å². The minimum Gasteiger partial charge on any atom is -0.343 e. The Morgan fingerprint density at radius 2 is 1.61 bits per heavy atom. The molecule has 2 N–H and O–H groups in total. The molecule has 1 saturated heterocycles. The number of rotatable bonds is 4. The molecule has 3 amide bonds. The summed E-state index contributed by atoms with van der Waals surface area (Å²) in [5, 5.41) is 0. The lowest BCUT2D eigenvalue weighted by atomic mass is 10.1. The Morgan fingerprint density at radius 1 is 0.957 bits per heavy atom. The van der Waals surface area contributed by atoms with Crippen LogP contribution in [0, 0.1) is 0 Å². The maximum absolute atomic E-state index is 11.9. The molecule has 7 heteroatoms. The van der Waals surface area contributed by atoms with E-state index in [1.807, 2.05) is 0 Å². The molecule has 0 radical (unpaired) electrons. The van der Waals surface area contributed by atoms with Gasteiger partial charge in [-0.2, -0.15) is 0 Å². The van der Waals surface area contributed by atoms with Crippen LogP contribution in [0.2, 0.25) is 0 Å². The normalized spacial score (nSPS) is 14.2. The summed E-state index contributed by atoms with van der Waals surface area (Å²) < 4.78 is 0.870. The number of hydrogen-bond acceptors (Lipinski definition) is 3. The van der Waals surface area contributed by atoms with Crippen molar-refractivity contribution in [2.75, 3.05) is 13.1 Å². The fraction of sp³-hybridized carbons (Fsp3) is 0.438. The Morgan fingerprint density at radius 3 is 2.26 bits per heavy atom. The number of hydrazine groups is 1. The summed E-state index contributed by atoms with van der Waals surface area (Å²) in [7, 11) is 0. The van der Waals surface area contributed by atoms with E-state index in [0.29, 0.717) is 5.56 Å². The molecule has 0 atom stereocenters. The minimum atomic E-state index is -0.395. The van der Waals surface area contributed by atoms with E-state index in [-0.39, 0.29) is 24.7 Å². The zero-order valence-corrected chi connectivity index (χ0v) is 14.4. The number of nitrogens with zero attached hydrogens (tertiary/aromatic N) is 1. The lowest BCUT2D eigenvalue weighted by Crippen LogP contribution is -2.42. The standard InChI is InChI=1S/C16H20BrN3O3/c17-13-6-4-12(5-7-13)16(23)19-18-14(21)8-9-15(22)20-10-2-1-3-11-20/h4-7H,1-3,8-11H2,(H,18,21)(H,19,23). The highest BCUT2D eigenvalue weighted by Crippen LogP contribution is 2.11. The van der Waals surface area contributed by atoms with Crippen molar-refractivity contribution in [3.8, 4) is 0 Å². The van der Waals surface area contributed by atoms with E-state index in [0.717, 1.165) is 36.8 Å². The molecule has 0 spiro atoms. The predicted octanol–water partition coefficient (Wildman–Crippen LogP) is 2.00. The number of hydrogen-bond donors (Lipinski definition) is 2. The zero-order chi connectivity index (χ0) is 16.7. The Labute approximate surface area is 143 Å². The minimum absolute atomic E-state index is 0.000846. The van der Waals surface area contributed by atoms with Gasteiger partial charge < -0.3 is 4.90 Å². The molecule has 0 aliphatic carbocycles. The predicted molar refractivity (Wildman–Crippen MR) is 89.4 cm³/mol. The number of nitrogens with one attached hydrogen (secondary N) is 2. The van der Waals surface area contributed by atoms with Crippen molar-refractivity contribution < 1.29 is 14.4 Å². The first-order chi connectivity index (χ1) is 11.1. The quantitative estimate of drug-likeness (QED) is 0.782. The number of carbonyl (C=O) groups is 3. The van der Waals surface area contributed by atoms with Gasteiger partial charge in [-0.05, 0) is 43.5 Å². The second kappa shape index (κ2) is 8.67. The molecular weight excluding hydrogens is 362 g/mol. The van der Waals surface area contributed by atoms with Crippen LogP contribution in [0.3, 0.4) is 0 Å². The summed E-state index contributed by atoms with van der Waals surface area (Å²) in [6.07, 6.45) is 3.45. The van der Waals surface area contributed by atoms with E-state index in [2.05, 4.69) is 26.8 Å². The van der Waals surface area contributed by atoms with E-state index in [1.54, 1.807) is 29.2 Å². The monoisotopic (exact) mass is 381 g/mol. The fourth-order valence-electron chi connectivity index (χ4n) is 2.38. The van der Waals surface area contributed by atoms with Gasteiger partial charge in [0.1, 0.15) is 0 Å². The number of benzene rings is 1. The maximum atomic E-state index is 11.9. The molecule has 0 bridgehead atoms. The first kappa shape index (κ1) is 17.5. The Kier molecular flexibility index (Phi) is 6.58. The lowest BCUT2D eigenvalue weighted by Gasteiger charge is -2.26. The summed E-state index contributed by atoms with van der Waals surface area (Å²) in [5.74, 6) is -0.770. The average Bonchev–Trinajstić information content (AvgIpc) is 2.59. The first-order valence-corrected chi connectivity index (χ1v) is 8.48. The molecule has 1 aliphatic rings. The number of amides is 3. The van der Waals surface area contributed by atoms with E-state index in [9.17, 15) is 14.4 Å². The molecule has 0 saturated carbocycles. The van der Waals surface area contributed by atoms with Crippen molar-refractivity contribution in [1.82, 2.24) is 15.8 Å². The second-order valence-corrected chi connectivity index (χ2v) is 6.37. The third kappa shape index (κ3) is 5.67. The first-order valence-electron chi connectivity index (χ1n) is 7.69. The summed E-state index contributed by atoms with van der Waals surface area (Å²) in [6, 6.07) is 6.78. The molecule has 23 heavy (non-hydrogen) atoms. The van der Waals surface area contributed by atoms with Crippen LogP contribution in [0.25, 0.3) is 0 Å². The van der Waals surface area contributed by atoms with Crippen LogP contribution < -0.4 is 10.9 Å². The lowest BCUT2D eigenvalue weighted by molar-refractivity contribution is -0.134. The van der Waals surface area contributed by atoms with Gasteiger partial charge in [-0.3, -0.25) is 25.2 Å². The van der Waals surface area contributed by atoms with Gasteiger partial charge >= 0.3 is 0 Å². The molecule has 1 aromatic rings.